The maximum atomic E-state index is 8.97. The Morgan fingerprint density at radius 3 is 2.78 bits per heavy atom. The molecule has 1 nitrogen and oxygen atoms in total. The Morgan fingerprint density at radius 2 is 2.33 bits per heavy atom. The fourth-order valence-electron chi connectivity index (χ4n) is 0.562. The van der Waals surface area contributed by atoms with Gasteiger partial charge < -0.3 is 5.11 Å². The van der Waals surface area contributed by atoms with E-state index in [9.17, 15) is 0 Å². The first-order chi connectivity index (χ1) is 4.20. The van der Waals surface area contributed by atoms with Crippen molar-refractivity contribution >= 4 is 27.5 Å². The average Bonchev–Trinajstić information content (AvgIpc) is 1.80. The van der Waals surface area contributed by atoms with E-state index in [0.717, 1.165) is 5.03 Å². The molecule has 1 radical (unpaired) electrons. The van der Waals surface area contributed by atoms with Crippen LogP contribution in [0.15, 0.2) is 21.3 Å². The normalized spacial score (nSPS) is 20.0. The zero-order chi connectivity index (χ0) is 6.85. The van der Waals surface area contributed by atoms with E-state index in [2.05, 4.69) is 15.9 Å². The molecule has 0 bridgehead atoms. The number of rotatable bonds is 0. The lowest BCUT2D eigenvalue weighted by atomic mass is 10.2. The first-order valence-corrected chi connectivity index (χ1v) is 3.65. The van der Waals surface area contributed by atoms with E-state index in [1.165, 1.54) is 0 Å². The molecule has 0 fully saturated rings. The minimum Gasteiger partial charge on any atom is -0.511 e. The summed E-state index contributed by atoms with van der Waals surface area (Å²) in [4.78, 5) is 0. The summed E-state index contributed by atoms with van der Waals surface area (Å²) in [5, 5.41) is 9.71. The van der Waals surface area contributed by atoms with Crippen molar-refractivity contribution in [3.63, 3.8) is 0 Å². The van der Waals surface area contributed by atoms with Gasteiger partial charge in [0.2, 0.25) is 0 Å². The minimum absolute atomic E-state index is 0.263. The van der Waals surface area contributed by atoms with Crippen LogP contribution >= 0.6 is 27.5 Å². The van der Waals surface area contributed by atoms with Crippen LogP contribution in [0.3, 0.4) is 0 Å². The highest BCUT2D eigenvalue weighted by molar-refractivity contribution is 9.11. The molecule has 0 saturated heterocycles. The smallest absolute Gasteiger partial charge is 0.111 e. The van der Waals surface area contributed by atoms with Gasteiger partial charge in [-0.05, 0) is 28.4 Å². The Labute approximate surface area is 67.1 Å². The molecule has 0 aromatic heterocycles. The third-order valence-corrected chi connectivity index (χ3v) is 1.92. The molecular formula is C6H5BrClO. The molecule has 0 heterocycles. The van der Waals surface area contributed by atoms with E-state index in [1.54, 1.807) is 12.5 Å². The van der Waals surface area contributed by atoms with Gasteiger partial charge in [0.1, 0.15) is 5.76 Å². The molecule has 0 amide bonds. The van der Waals surface area contributed by atoms with Gasteiger partial charge >= 0.3 is 0 Å². The highest BCUT2D eigenvalue weighted by atomic mass is 79.9. The zero-order valence-corrected chi connectivity index (χ0v) is 6.91. The molecular weight excluding hydrogens is 203 g/mol. The van der Waals surface area contributed by atoms with E-state index in [1.807, 2.05) is 0 Å². The lowest BCUT2D eigenvalue weighted by molar-refractivity contribution is 0.416. The second kappa shape index (κ2) is 2.76. The van der Waals surface area contributed by atoms with Gasteiger partial charge in [-0.25, -0.2) is 0 Å². The first-order valence-electron chi connectivity index (χ1n) is 2.48. The molecule has 0 spiro atoms. The summed E-state index contributed by atoms with van der Waals surface area (Å²) < 4.78 is 0.652. The van der Waals surface area contributed by atoms with Gasteiger partial charge in [0, 0.05) is 11.5 Å². The van der Waals surface area contributed by atoms with E-state index >= 15 is 0 Å². The molecule has 0 atom stereocenters. The lowest BCUT2D eigenvalue weighted by Crippen LogP contribution is -1.91. The third kappa shape index (κ3) is 1.73. The van der Waals surface area contributed by atoms with Crippen LogP contribution in [0.1, 0.15) is 6.42 Å². The molecule has 1 aliphatic carbocycles. The summed E-state index contributed by atoms with van der Waals surface area (Å²) in [6.07, 6.45) is 3.98. The summed E-state index contributed by atoms with van der Waals surface area (Å²) in [7, 11) is 0. The molecule has 0 aromatic rings. The maximum Gasteiger partial charge on any atom is 0.111 e. The van der Waals surface area contributed by atoms with Crippen LogP contribution < -0.4 is 0 Å². The van der Waals surface area contributed by atoms with Crippen molar-refractivity contribution in [3.8, 4) is 0 Å². The number of aliphatic hydroxyl groups excluding tert-OH is 1. The summed E-state index contributed by atoms with van der Waals surface area (Å²) >= 11 is 8.76. The van der Waals surface area contributed by atoms with Crippen LogP contribution in [0.2, 0.25) is 0 Å². The van der Waals surface area contributed by atoms with Crippen LogP contribution in [0.5, 0.6) is 0 Å². The van der Waals surface area contributed by atoms with Crippen molar-refractivity contribution in [2.75, 3.05) is 0 Å². The van der Waals surface area contributed by atoms with Crippen molar-refractivity contribution in [2.24, 2.45) is 0 Å². The zero-order valence-electron chi connectivity index (χ0n) is 4.56. The van der Waals surface area contributed by atoms with Gasteiger partial charge in [0.05, 0.1) is 4.48 Å². The van der Waals surface area contributed by atoms with Crippen LogP contribution in [-0.4, -0.2) is 5.11 Å². The van der Waals surface area contributed by atoms with Crippen LogP contribution in [0, 0.1) is 6.42 Å². The molecule has 3 heteroatoms. The highest BCUT2D eigenvalue weighted by Crippen LogP contribution is 2.26. The Balaban J connectivity index is 2.83. The molecule has 9 heavy (non-hydrogen) atoms. The van der Waals surface area contributed by atoms with Crippen LogP contribution in [0.25, 0.3) is 0 Å². The van der Waals surface area contributed by atoms with Crippen molar-refractivity contribution in [2.45, 2.75) is 6.42 Å². The van der Waals surface area contributed by atoms with Gasteiger partial charge in [-0.1, -0.05) is 11.6 Å². The molecule has 0 aliphatic heterocycles. The number of hydrogen-bond donors (Lipinski definition) is 1. The summed E-state index contributed by atoms with van der Waals surface area (Å²) in [5.74, 6) is 0.263. The van der Waals surface area contributed by atoms with Crippen molar-refractivity contribution in [1.82, 2.24) is 0 Å². The maximum absolute atomic E-state index is 8.97. The van der Waals surface area contributed by atoms with E-state index in [0.29, 0.717) is 10.9 Å². The van der Waals surface area contributed by atoms with Gasteiger partial charge in [-0.15, -0.1) is 0 Å². The van der Waals surface area contributed by atoms with Gasteiger partial charge in [-0.3, -0.25) is 0 Å². The minimum atomic E-state index is 0.263. The Kier molecular flexibility index (Phi) is 2.19. The topological polar surface area (TPSA) is 20.2 Å². The number of halogens is 2. The van der Waals surface area contributed by atoms with Gasteiger partial charge in [-0.2, -0.15) is 0 Å². The Morgan fingerprint density at radius 1 is 1.67 bits per heavy atom. The number of aliphatic hydroxyl groups is 1. The Bertz CT molecular complexity index is 183. The molecule has 0 saturated carbocycles. The van der Waals surface area contributed by atoms with Crippen LogP contribution in [-0.2, 0) is 0 Å². The molecule has 1 N–H and O–H groups in total. The van der Waals surface area contributed by atoms with E-state index in [-0.39, 0.29) is 5.76 Å². The molecule has 49 valence electrons. The second-order valence-corrected chi connectivity index (χ2v) is 3.07. The van der Waals surface area contributed by atoms with Gasteiger partial charge in [0.15, 0.2) is 0 Å². The van der Waals surface area contributed by atoms with E-state index in [4.69, 9.17) is 16.7 Å². The first kappa shape index (κ1) is 7.16. The van der Waals surface area contributed by atoms with Crippen molar-refractivity contribution < 1.29 is 5.11 Å². The van der Waals surface area contributed by atoms with Crippen molar-refractivity contribution in [3.05, 3.63) is 27.8 Å². The average molecular weight is 208 g/mol. The fourth-order valence-corrected chi connectivity index (χ4v) is 1.32. The summed E-state index contributed by atoms with van der Waals surface area (Å²) in [6, 6.07) is 0. The standard InChI is InChI=1S/C6H5BrClO/c7-5-3-4(8)1-2-6(5)9/h2-3,9H,1H2. The molecule has 1 rings (SSSR count). The monoisotopic (exact) mass is 207 g/mol. The second-order valence-electron chi connectivity index (χ2n) is 1.73. The quantitative estimate of drug-likeness (QED) is 0.649. The highest BCUT2D eigenvalue weighted by Gasteiger charge is 2.08. The molecule has 0 unspecified atom stereocenters. The SMILES string of the molecule is OC1=C(Br)C=C(Cl)C[CH]1. The summed E-state index contributed by atoms with van der Waals surface area (Å²) in [6.45, 7) is 0. The number of allylic oxidation sites excluding steroid dienone is 4. The fraction of sp³-hybridized carbons (Fsp3) is 0.167. The third-order valence-electron chi connectivity index (χ3n) is 1.02. The van der Waals surface area contributed by atoms with Crippen LogP contribution in [0.4, 0.5) is 0 Å². The summed E-state index contributed by atoms with van der Waals surface area (Å²) in [5.41, 5.74) is 0. The Hall–Kier alpha value is 0.0500. The lowest BCUT2D eigenvalue weighted by Gasteiger charge is -2.06. The predicted octanol–water partition coefficient (Wildman–Crippen LogP) is 2.88. The molecule has 0 aromatic carbocycles. The van der Waals surface area contributed by atoms with E-state index < -0.39 is 0 Å². The molecule has 1 aliphatic rings. The predicted molar refractivity (Wildman–Crippen MR) is 41.4 cm³/mol. The van der Waals surface area contributed by atoms with Gasteiger partial charge in [0.25, 0.3) is 0 Å². The largest absolute Gasteiger partial charge is 0.511 e. The number of hydrogen-bond acceptors (Lipinski definition) is 1. The van der Waals surface area contributed by atoms with Crippen molar-refractivity contribution in [1.29, 1.82) is 0 Å².